The first-order valence-electron chi connectivity index (χ1n) is 4.83. The van der Waals surface area contributed by atoms with Gasteiger partial charge >= 0.3 is 0 Å². The Morgan fingerprint density at radius 1 is 1.44 bits per heavy atom. The SMILES string of the molecule is CC#CC(=O)Nc1cc(S(N)(=O)=O)ccc1OC. The monoisotopic (exact) mass is 268 g/mol. The van der Waals surface area contributed by atoms with E-state index in [9.17, 15) is 13.2 Å². The molecule has 0 fully saturated rings. The molecular weight excluding hydrogens is 256 g/mol. The van der Waals surface area contributed by atoms with Crippen molar-refractivity contribution in [2.75, 3.05) is 12.4 Å². The molecule has 1 amide bonds. The Kier molecular flexibility index (Phi) is 4.31. The lowest BCUT2D eigenvalue weighted by atomic mass is 10.3. The van der Waals surface area contributed by atoms with Crippen molar-refractivity contribution in [2.24, 2.45) is 5.14 Å². The second-order valence-electron chi connectivity index (χ2n) is 3.24. The largest absolute Gasteiger partial charge is 0.495 e. The van der Waals surface area contributed by atoms with Gasteiger partial charge < -0.3 is 10.1 Å². The van der Waals surface area contributed by atoms with Crippen LogP contribution in [0.1, 0.15) is 6.92 Å². The predicted molar refractivity (Wildman–Crippen MR) is 66.4 cm³/mol. The minimum Gasteiger partial charge on any atom is -0.495 e. The van der Waals surface area contributed by atoms with Crippen LogP contribution in [0.4, 0.5) is 5.69 Å². The zero-order chi connectivity index (χ0) is 13.8. The van der Waals surface area contributed by atoms with Crippen LogP contribution in [0.15, 0.2) is 23.1 Å². The molecule has 96 valence electrons. The number of carbonyl (C=O) groups excluding carboxylic acids is 1. The maximum atomic E-state index is 11.3. The number of rotatable bonds is 3. The summed E-state index contributed by atoms with van der Waals surface area (Å²) in [5.41, 5.74) is 0.191. The Hall–Kier alpha value is -2.04. The molecule has 7 heteroatoms. The molecule has 0 atom stereocenters. The highest BCUT2D eigenvalue weighted by molar-refractivity contribution is 7.89. The fraction of sp³-hybridized carbons (Fsp3) is 0.182. The normalized spacial score (nSPS) is 10.2. The van der Waals surface area contributed by atoms with Crippen molar-refractivity contribution in [3.63, 3.8) is 0 Å². The van der Waals surface area contributed by atoms with Gasteiger partial charge in [0.1, 0.15) is 5.75 Å². The molecule has 6 nitrogen and oxygen atoms in total. The maximum Gasteiger partial charge on any atom is 0.300 e. The van der Waals surface area contributed by atoms with E-state index >= 15 is 0 Å². The minimum absolute atomic E-state index is 0.122. The fourth-order valence-corrected chi connectivity index (χ4v) is 1.77. The zero-order valence-corrected chi connectivity index (χ0v) is 10.7. The van der Waals surface area contributed by atoms with Crippen molar-refractivity contribution in [2.45, 2.75) is 11.8 Å². The molecule has 0 unspecified atom stereocenters. The fourth-order valence-electron chi connectivity index (χ4n) is 1.23. The topological polar surface area (TPSA) is 98.5 Å². The third-order valence-corrected chi connectivity index (χ3v) is 2.90. The first kappa shape index (κ1) is 14.0. The Labute approximate surface area is 105 Å². The third kappa shape index (κ3) is 3.48. The van der Waals surface area contributed by atoms with Crippen molar-refractivity contribution >= 4 is 21.6 Å². The van der Waals surface area contributed by atoms with Gasteiger partial charge in [0.2, 0.25) is 10.0 Å². The molecule has 0 heterocycles. The number of nitrogens with one attached hydrogen (secondary N) is 1. The maximum absolute atomic E-state index is 11.3. The average Bonchev–Trinajstić information content (AvgIpc) is 2.28. The van der Waals surface area contributed by atoms with Crippen LogP contribution >= 0.6 is 0 Å². The second kappa shape index (κ2) is 5.53. The van der Waals surface area contributed by atoms with Gasteiger partial charge in [-0.2, -0.15) is 0 Å². The van der Waals surface area contributed by atoms with Gasteiger partial charge in [-0.05, 0) is 31.0 Å². The number of anilines is 1. The Morgan fingerprint density at radius 2 is 2.11 bits per heavy atom. The number of benzene rings is 1. The Morgan fingerprint density at radius 3 is 2.61 bits per heavy atom. The van der Waals surface area contributed by atoms with Crippen molar-refractivity contribution in [1.29, 1.82) is 0 Å². The van der Waals surface area contributed by atoms with E-state index in [4.69, 9.17) is 9.88 Å². The molecule has 1 rings (SSSR count). The summed E-state index contributed by atoms with van der Waals surface area (Å²) in [6, 6.07) is 3.90. The highest BCUT2D eigenvalue weighted by atomic mass is 32.2. The van der Waals surface area contributed by atoms with Crippen LogP contribution < -0.4 is 15.2 Å². The lowest BCUT2D eigenvalue weighted by Gasteiger charge is -2.09. The van der Waals surface area contributed by atoms with Gasteiger partial charge in [-0.1, -0.05) is 5.92 Å². The molecule has 0 aliphatic rings. The number of hydrogen-bond donors (Lipinski definition) is 2. The van der Waals surface area contributed by atoms with Crippen LogP contribution in [0.2, 0.25) is 0 Å². The van der Waals surface area contributed by atoms with Crippen LogP contribution in [-0.2, 0) is 14.8 Å². The third-order valence-electron chi connectivity index (χ3n) is 1.99. The highest BCUT2D eigenvalue weighted by Crippen LogP contribution is 2.26. The van der Waals surface area contributed by atoms with Crippen LogP contribution in [0.5, 0.6) is 5.75 Å². The molecule has 0 spiro atoms. The van der Waals surface area contributed by atoms with Crippen LogP contribution in [0.25, 0.3) is 0 Å². The number of hydrogen-bond acceptors (Lipinski definition) is 4. The Bertz CT molecular complexity index is 626. The van der Waals surface area contributed by atoms with Gasteiger partial charge in [0.15, 0.2) is 0 Å². The first-order valence-corrected chi connectivity index (χ1v) is 6.37. The number of sulfonamides is 1. The summed E-state index contributed by atoms with van der Waals surface area (Å²) in [5.74, 6) is 4.44. The molecule has 3 N–H and O–H groups in total. The molecule has 0 aliphatic heterocycles. The van der Waals surface area contributed by atoms with E-state index in [-0.39, 0.29) is 10.6 Å². The molecule has 18 heavy (non-hydrogen) atoms. The van der Waals surface area contributed by atoms with Crippen molar-refractivity contribution in [3.05, 3.63) is 18.2 Å². The van der Waals surface area contributed by atoms with E-state index in [1.165, 1.54) is 32.2 Å². The van der Waals surface area contributed by atoms with Crippen molar-refractivity contribution in [1.82, 2.24) is 0 Å². The average molecular weight is 268 g/mol. The van der Waals surface area contributed by atoms with Gasteiger partial charge in [-0.3, -0.25) is 4.79 Å². The molecular formula is C11H12N2O4S. The molecule has 0 bridgehead atoms. The zero-order valence-electron chi connectivity index (χ0n) is 9.85. The van der Waals surface area contributed by atoms with E-state index in [1.54, 1.807) is 0 Å². The number of amides is 1. The summed E-state index contributed by atoms with van der Waals surface area (Å²) in [4.78, 5) is 11.2. The lowest BCUT2D eigenvalue weighted by molar-refractivity contribution is -0.111. The van der Waals surface area contributed by atoms with Gasteiger partial charge in [0.05, 0.1) is 17.7 Å². The quantitative estimate of drug-likeness (QED) is 0.770. The van der Waals surface area contributed by atoms with Gasteiger partial charge in [0, 0.05) is 0 Å². The van der Waals surface area contributed by atoms with Crippen LogP contribution in [-0.4, -0.2) is 21.4 Å². The molecule has 0 radical (unpaired) electrons. The lowest BCUT2D eigenvalue weighted by Crippen LogP contribution is -2.14. The number of primary sulfonamides is 1. The van der Waals surface area contributed by atoms with E-state index in [0.717, 1.165) is 0 Å². The van der Waals surface area contributed by atoms with Gasteiger partial charge in [-0.15, -0.1) is 0 Å². The van der Waals surface area contributed by atoms with Crippen molar-refractivity contribution < 1.29 is 17.9 Å². The molecule has 0 saturated heterocycles. The van der Waals surface area contributed by atoms with Crippen LogP contribution in [0.3, 0.4) is 0 Å². The van der Waals surface area contributed by atoms with E-state index in [2.05, 4.69) is 17.2 Å². The van der Waals surface area contributed by atoms with Crippen LogP contribution in [0, 0.1) is 11.8 Å². The number of carbonyl (C=O) groups is 1. The standard InChI is InChI=1S/C11H12N2O4S/c1-3-4-11(14)13-9-7-8(18(12,15)16)5-6-10(9)17-2/h5-7H,1-2H3,(H,13,14)(H2,12,15,16). The first-order chi connectivity index (χ1) is 8.38. The summed E-state index contributed by atoms with van der Waals surface area (Å²) in [5, 5.41) is 7.41. The highest BCUT2D eigenvalue weighted by Gasteiger charge is 2.13. The molecule has 0 aliphatic carbocycles. The number of ether oxygens (including phenoxy) is 1. The summed E-state index contributed by atoms with van der Waals surface area (Å²) < 4.78 is 27.4. The van der Waals surface area contributed by atoms with Crippen molar-refractivity contribution in [3.8, 4) is 17.6 Å². The number of nitrogens with two attached hydrogens (primary N) is 1. The predicted octanol–water partition coefficient (Wildman–Crippen LogP) is 0.304. The van der Waals surface area contributed by atoms with E-state index in [0.29, 0.717) is 5.75 Å². The van der Waals surface area contributed by atoms with E-state index in [1.807, 2.05) is 0 Å². The second-order valence-corrected chi connectivity index (χ2v) is 4.80. The summed E-state index contributed by atoms with van der Waals surface area (Å²) >= 11 is 0. The summed E-state index contributed by atoms with van der Waals surface area (Å²) in [6.45, 7) is 1.51. The van der Waals surface area contributed by atoms with E-state index < -0.39 is 15.9 Å². The summed E-state index contributed by atoms with van der Waals surface area (Å²) in [7, 11) is -2.45. The molecule has 0 saturated carbocycles. The molecule has 0 aromatic heterocycles. The van der Waals surface area contributed by atoms with Gasteiger partial charge in [0.25, 0.3) is 5.91 Å². The molecule has 1 aromatic carbocycles. The smallest absolute Gasteiger partial charge is 0.300 e. The summed E-state index contributed by atoms with van der Waals surface area (Å²) in [6.07, 6.45) is 0. The Balaban J connectivity index is 3.21. The number of methoxy groups -OCH3 is 1. The minimum atomic E-state index is -3.84. The molecule has 1 aromatic rings. The van der Waals surface area contributed by atoms with Gasteiger partial charge in [-0.25, -0.2) is 13.6 Å².